The number of allylic oxidation sites excluding steroid dienone is 1. The Bertz CT molecular complexity index is 692. The topological polar surface area (TPSA) is 48.2 Å². The van der Waals surface area contributed by atoms with E-state index in [1.807, 2.05) is 42.5 Å². The molecule has 0 aliphatic carbocycles. The van der Waals surface area contributed by atoms with Gasteiger partial charge in [0.25, 0.3) is 0 Å². The summed E-state index contributed by atoms with van der Waals surface area (Å²) >= 11 is 0. The van der Waals surface area contributed by atoms with Crippen LogP contribution in [0.2, 0.25) is 0 Å². The third-order valence-electron chi connectivity index (χ3n) is 3.43. The van der Waals surface area contributed by atoms with Crippen LogP contribution in [0.1, 0.15) is 30.0 Å². The van der Waals surface area contributed by atoms with Gasteiger partial charge < -0.3 is 5.32 Å². The molecule has 0 radical (unpaired) electrons. The summed E-state index contributed by atoms with van der Waals surface area (Å²) in [6, 6.07) is 19.8. The van der Waals surface area contributed by atoms with Crippen molar-refractivity contribution >= 4 is 12.4 Å². The maximum Gasteiger partial charge on any atom is 0.0991 e. The zero-order valence-electron chi connectivity index (χ0n) is 12.7. The van der Waals surface area contributed by atoms with E-state index < -0.39 is 0 Å². The van der Waals surface area contributed by atoms with Gasteiger partial charge in [0, 0.05) is 6.54 Å². The van der Waals surface area contributed by atoms with Gasteiger partial charge in [-0.05, 0) is 36.4 Å². The molecule has 0 amide bonds. The van der Waals surface area contributed by atoms with Crippen molar-refractivity contribution in [2.75, 3.05) is 0 Å². The molecule has 0 bridgehead atoms. The van der Waals surface area contributed by atoms with Crippen molar-refractivity contribution in [1.29, 1.82) is 5.26 Å². The molecule has 0 aliphatic rings. The van der Waals surface area contributed by atoms with E-state index in [0.717, 1.165) is 28.9 Å². The molecule has 2 aromatic rings. The molecular weight excluding hydrogens is 270 g/mol. The Morgan fingerprint density at radius 2 is 1.82 bits per heavy atom. The van der Waals surface area contributed by atoms with Gasteiger partial charge in [-0.2, -0.15) is 5.26 Å². The lowest BCUT2D eigenvalue weighted by Gasteiger charge is -2.14. The van der Waals surface area contributed by atoms with Crippen LogP contribution in [-0.2, 0) is 6.54 Å². The minimum atomic E-state index is 0.671. The van der Waals surface area contributed by atoms with Crippen LogP contribution in [0.3, 0.4) is 0 Å². The highest BCUT2D eigenvalue weighted by molar-refractivity contribution is 5.67. The van der Waals surface area contributed by atoms with Crippen LogP contribution in [0.4, 0.5) is 0 Å². The highest BCUT2D eigenvalue weighted by atomic mass is 14.9. The summed E-state index contributed by atoms with van der Waals surface area (Å²) in [6.07, 6.45) is 0.814. The van der Waals surface area contributed by atoms with Gasteiger partial charge in [-0.3, -0.25) is 4.99 Å². The Labute approximate surface area is 131 Å². The van der Waals surface area contributed by atoms with Crippen LogP contribution in [0, 0.1) is 11.3 Å². The molecule has 0 unspecified atom stereocenters. The molecule has 0 heterocycles. The fraction of sp³-hybridized carbons (Fsp3) is 0.158. The molecule has 110 valence electrons. The lowest BCUT2D eigenvalue weighted by atomic mass is 10.1. The van der Waals surface area contributed by atoms with E-state index in [0.29, 0.717) is 12.1 Å². The molecule has 1 N–H and O–H groups in total. The van der Waals surface area contributed by atoms with Crippen LogP contribution >= 0.6 is 0 Å². The van der Waals surface area contributed by atoms with Gasteiger partial charge in [-0.15, -0.1) is 0 Å². The Balaban J connectivity index is 2.22. The third-order valence-corrected chi connectivity index (χ3v) is 3.43. The van der Waals surface area contributed by atoms with Crippen molar-refractivity contribution in [2.24, 2.45) is 4.99 Å². The van der Waals surface area contributed by atoms with Crippen molar-refractivity contribution in [3.8, 4) is 6.07 Å². The highest BCUT2D eigenvalue weighted by Crippen LogP contribution is 2.19. The zero-order valence-corrected chi connectivity index (χ0v) is 12.7. The van der Waals surface area contributed by atoms with Gasteiger partial charge in [0.1, 0.15) is 0 Å². The van der Waals surface area contributed by atoms with E-state index in [4.69, 9.17) is 5.26 Å². The summed E-state index contributed by atoms with van der Waals surface area (Å²) in [5.74, 6) is 0. The molecule has 3 nitrogen and oxygen atoms in total. The first-order valence-corrected chi connectivity index (χ1v) is 7.26. The van der Waals surface area contributed by atoms with Gasteiger partial charge in [-0.25, -0.2) is 0 Å². The molecule has 0 aliphatic heterocycles. The van der Waals surface area contributed by atoms with Gasteiger partial charge >= 0.3 is 0 Å². The van der Waals surface area contributed by atoms with E-state index in [1.165, 1.54) is 0 Å². The van der Waals surface area contributed by atoms with Gasteiger partial charge in [0.05, 0.1) is 23.0 Å². The quantitative estimate of drug-likeness (QED) is 0.813. The Kier molecular flexibility index (Phi) is 5.50. The monoisotopic (exact) mass is 289 g/mol. The number of nitriles is 1. The van der Waals surface area contributed by atoms with Crippen molar-refractivity contribution < 1.29 is 0 Å². The van der Waals surface area contributed by atoms with E-state index >= 15 is 0 Å². The molecule has 0 aromatic heterocycles. The molecule has 2 aromatic carbocycles. The minimum absolute atomic E-state index is 0.671. The highest BCUT2D eigenvalue weighted by Gasteiger charge is 2.07. The first kappa shape index (κ1) is 15.5. The SMILES string of the molecule is C=N/C(CC)=C(\NCc1ccc(C#N)cc1)c1ccccc1. The van der Waals surface area contributed by atoms with Crippen LogP contribution < -0.4 is 5.32 Å². The summed E-state index contributed by atoms with van der Waals surface area (Å²) in [5.41, 5.74) is 4.83. The lowest BCUT2D eigenvalue weighted by Crippen LogP contribution is -2.13. The van der Waals surface area contributed by atoms with Crippen molar-refractivity contribution in [3.63, 3.8) is 0 Å². The van der Waals surface area contributed by atoms with Crippen LogP contribution in [0.15, 0.2) is 65.3 Å². The van der Waals surface area contributed by atoms with Gasteiger partial charge in [-0.1, -0.05) is 49.4 Å². The number of benzene rings is 2. The first-order valence-electron chi connectivity index (χ1n) is 7.26. The zero-order chi connectivity index (χ0) is 15.8. The molecule has 2 rings (SSSR count). The average Bonchev–Trinajstić information content (AvgIpc) is 2.60. The molecule has 0 saturated carbocycles. The Hall–Kier alpha value is -2.86. The summed E-state index contributed by atoms with van der Waals surface area (Å²) in [5, 5.41) is 12.3. The molecule has 0 spiro atoms. The van der Waals surface area contributed by atoms with Crippen molar-refractivity contribution in [3.05, 3.63) is 77.0 Å². The standard InChI is InChI=1S/C19H19N3/c1-3-18(21-2)19(17-7-5-4-6-8-17)22-14-16-11-9-15(13-20)10-12-16/h4-12,22H,2-3,14H2,1H3/b19-18-. The lowest BCUT2D eigenvalue weighted by molar-refractivity contribution is 0.870. The second kappa shape index (κ2) is 7.80. The second-order valence-corrected chi connectivity index (χ2v) is 4.86. The van der Waals surface area contributed by atoms with Crippen LogP contribution in [-0.4, -0.2) is 6.72 Å². The predicted octanol–water partition coefficient (Wildman–Crippen LogP) is 4.13. The summed E-state index contributed by atoms with van der Waals surface area (Å²) in [7, 11) is 0. The van der Waals surface area contributed by atoms with Gasteiger partial charge in [0.2, 0.25) is 0 Å². The molecule has 0 atom stereocenters. The van der Waals surface area contributed by atoms with Crippen molar-refractivity contribution in [2.45, 2.75) is 19.9 Å². The first-order chi connectivity index (χ1) is 10.8. The molecule has 3 heteroatoms. The largest absolute Gasteiger partial charge is 0.379 e. The number of hydrogen-bond acceptors (Lipinski definition) is 3. The maximum absolute atomic E-state index is 8.84. The Morgan fingerprint density at radius 1 is 1.14 bits per heavy atom. The molecule has 22 heavy (non-hydrogen) atoms. The third kappa shape index (κ3) is 3.83. The average molecular weight is 289 g/mol. The predicted molar refractivity (Wildman–Crippen MR) is 91.2 cm³/mol. The van der Waals surface area contributed by atoms with E-state index in [2.05, 4.69) is 42.2 Å². The summed E-state index contributed by atoms with van der Waals surface area (Å²) in [4.78, 5) is 4.15. The number of aliphatic imine (C=N–C) groups is 1. The smallest absolute Gasteiger partial charge is 0.0991 e. The fourth-order valence-corrected chi connectivity index (χ4v) is 2.23. The van der Waals surface area contributed by atoms with Crippen molar-refractivity contribution in [1.82, 2.24) is 5.32 Å². The number of nitrogens with zero attached hydrogens (tertiary/aromatic N) is 2. The van der Waals surface area contributed by atoms with Crippen LogP contribution in [0.5, 0.6) is 0 Å². The maximum atomic E-state index is 8.84. The van der Waals surface area contributed by atoms with Gasteiger partial charge in [0.15, 0.2) is 0 Å². The number of rotatable bonds is 6. The molecule has 0 saturated heterocycles. The minimum Gasteiger partial charge on any atom is -0.379 e. The van der Waals surface area contributed by atoms with E-state index in [9.17, 15) is 0 Å². The fourth-order valence-electron chi connectivity index (χ4n) is 2.23. The molecule has 0 fully saturated rings. The Morgan fingerprint density at radius 3 is 2.36 bits per heavy atom. The molecular formula is C19H19N3. The summed E-state index contributed by atoms with van der Waals surface area (Å²) in [6.45, 7) is 6.41. The number of nitrogens with one attached hydrogen (secondary N) is 1. The van der Waals surface area contributed by atoms with Crippen LogP contribution in [0.25, 0.3) is 5.70 Å². The van der Waals surface area contributed by atoms with E-state index in [1.54, 1.807) is 0 Å². The number of hydrogen-bond donors (Lipinski definition) is 1. The normalized spacial score (nSPS) is 11.3. The second-order valence-electron chi connectivity index (χ2n) is 4.86. The summed E-state index contributed by atoms with van der Waals surface area (Å²) < 4.78 is 0. The van der Waals surface area contributed by atoms with E-state index in [-0.39, 0.29) is 0 Å².